The van der Waals surface area contributed by atoms with E-state index in [4.69, 9.17) is 14.9 Å². The van der Waals surface area contributed by atoms with Crippen molar-refractivity contribution in [2.45, 2.75) is 59.6 Å². The third-order valence-corrected chi connectivity index (χ3v) is 6.63. The molecule has 1 unspecified atom stereocenters. The topological polar surface area (TPSA) is 26.3 Å². The van der Waals surface area contributed by atoms with E-state index in [1.165, 1.54) is 0 Å². The van der Waals surface area contributed by atoms with Crippen molar-refractivity contribution in [2.24, 2.45) is 11.3 Å². The molecule has 1 atom stereocenters. The van der Waals surface area contributed by atoms with Crippen molar-refractivity contribution in [2.75, 3.05) is 0 Å². The van der Waals surface area contributed by atoms with Gasteiger partial charge in [0.2, 0.25) is 0 Å². The zero-order chi connectivity index (χ0) is 19.0. The van der Waals surface area contributed by atoms with Gasteiger partial charge in [0.05, 0.1) is 0 Å². The predicted molar refractivity (Wildman–Crippen MR) is 111 cm³/mol. The maximum atomic E-state index is 12.5. The second-order valence-electron chi connectivity index (χ2n) is 6.59. The summed E-state index contributed by atoms with van der Waals surface area (Å²) in [6.45, 7) is 14.5. The summed E-state index contributed by atoms with van der Waals surface area (Å²) in [5.41, 5.74) is 0.466. The Balaban J connectivity index is 0.00000254. The molecule has 2 nitrogen and oxygen atoms in total. The Kier molecular flexibility index (Phi) is 10.9. The van der Waals surface area contributed by atoms with Gasteiger partial charge in [-0.3, -0.25) is 0 Å². The normalized spacial score (nSPS) is 13.5. The molecular weight excluding hydrogens is 532 g/mol. The first-order valence-electron chi connectivity index (χ1n) is 8.30. The van der Waals surface area contributed by atoms with Gasteiger partial charge in [0.1, 0.15) is 0 Å². The molecule has 0 aliphatic rings. The van der Waals surface area contributed by atoms with Crippen molar-refractivity contribution in [1.82, 2.24) is 0 Å². The van der Waals surface area contributed by atoms with Gasteiger partial charge in [0, 0.05) is 0 Å². The first-order valence-corrected chi connectivity index (χ1v) is 11.1. The SMILES string of the molecule is CC.CC(C)CC(C)(C(=O)[O][Pb])C(C)(C)SC(=S)c1ccccc1. The molecule has 24 heavy (non-hydrogen) atoms. The van der Waals surface area contributed by atoms with Crippen LogP contribution in [0.15, 0.2) is 30.3 Å². The van der Waals surface area contributed by atoms with E-state index in [-0.39, 0.29) is 10.7 Å². The second-order valence-corrected chi connectivity index (χ2v) is 9.68. The van der Waals surface area contributed by atoms with E-state index in [0.717, 1.165) is 16.2 Å². The van der Waals surface area contributed by atoms with Crippen LogP contribution in [0.4, 0.5) is 0 Å². The zero-order valence-electron chi connectivity index (χ0n) is 15.8. The number of benzene rings is 1. The van der Waals surface area contributed by atoms with Gasteiger partial charge in [0.15, 0.2) is 0 Å². The molecule has 0 spiro atoms. The molecule has 133 valence electrons. The number of hydrogen-bond acceptors (Lipinski definition) is 4. The number of carbonyl (C=O) groups is 1. The third kappa shape index (κ3) is 6.41. The number of carbonyl (C=O) groups excluding carboxylic acids is 1. The monoisotopic (exact) mass is 561 g/mol. The summed E-state index contributed by atoms with van der Waals surface area (Å²) < 4.78 is 5.71. The van der Waals surface area contributed by atoms with Gasteiger partial charge in [0.25, 0.3) is 0 Å². The molecule has 0 heterocycles. The molecule has 0 saturated carbocycles. The van der Waals surface area contributed by atoms with Crippen LogP contribution in [-0.2, 0) is 7.48 Å². The standard InChI is InChI=1S/C17H24O2S2.C2H6.Pb/c1-12(2)11-17(5,15(18)19)16(3,4)21-14(20)13-9-7-6-8-10-13;1-2;/h6-10,12H,11H2,1-5H3,(H,18,19);1-2H3;/q;;+1/p-1. The van der Waals surface area contributed by atoms with Crippen LogP contribution in [0.1, 0.15) is 60.5 Å². The molecule has 1 aromatic rings. The van der Waals surface area contributed by atoms with E-state index in [1.54, 1.807) is 11.8 Å². The van der Waals surface area contributed by atoms with Crippen LogP contribution in [-0.4, -0.2) is 41.1 Å². The number of thioether (sulfide) groups is 1. The summed E-state index contributed by atoms with van der Waals surface area (Å²) in [5.74, 6) is 0.303. The molecule has 0 aromatic heterocycles. The van der Waals surface area contributed by atoms with Gasteiger partial charge in [-0.15, -0.1) is 0 Å². The van der Waals surface area contributed by atoms with E-state index in [0.29, 0.717) is 32.1 Å². The second kappa shape index (κ2) is 10.9. The van der Waals surface area contributed by atoms with Crippen molar-refractivity contribution in [3.63, 3.8) is 0 Å². The van der Waals surface area contributed by atoms with Gasteiger partial charge >= 0.3 is 161 Å². The minimum absolute atomic E-state index is 0.110. The number of thiocarbonyl (C=S) groups is 1. The molecule has 0 aliphatic heterocycles. The Labute approximate surface area is 173 Å². The van der Waals surface area contributed by atoms with E-state index >= 15 is 0 Å². The molecule has 3 radical (unpaired) electrons. The van der Waals surface area contributed by atoms with Crippen molar-refractivity contribution in [1.29, 1.82) is 0 Å². The Morgan fingerprint density at radius 2 is 1.71 bits per heavy atom. The molecule has 0 amide bonds. The van der Waals surface area contributed by atoms with Crippen LogP contribution in [0.25, 0.3) is 0 Å². The van der Waals surface area contributed by atoms with Gasteiger partial charge in [-0.25, -0.2) is 0 Å². The summed E-state index contributed by atoms with van der Waals surface area (Å²) in [4.78, 5) is 12.5. The number of rotatable bonds is 6. The predicted octanol–water partition coefficient (Wildman–Crippen LogP) is 5.58. The first kappa shape index (κ1) is 24.1. The van der Waals surface area contributed by atoms with Crippen LogP contribution in [0, 0.1) is 11.3 Å². The van der Waals surface area contributed by atoms with E-state index in [9.17, 15) is 4.79 Å². The van der Waals surface area contributed by atoms with Crippen LogP contribution >= 0.6 is 24.0 Å². The van der Waals surface area contributed by atoms with Crippen LogP contribution in [0.5, 0.6) is 0 Å². The summed E-state index contributed by atoms with van der Waals surface area (Å²) >= 11 is 7.61. The minimum atomic E-state index is -0.563. The fourth-order valence-electron chi connectivity index (χ4n) is 2.48. The van der Waals surface area contributed by atoms with E-state index < -0.39 is 5.41 Å². The molecule has 0 saturated heterocycles. The van der Waals surface area contributed by atoms with Crippen molar-refractivity contribution < 1.29 is 7.48 Å². The van der Waals surface area contributed by atoms with Crippen LogP contribution in [0.3, 0.4) is 0 Å². The summed E-state index contributed by atoms with van der Waals surface area (Å²) in [6, 6.07) is 9.96. The molecular formula is C19H29O2PbS2. The van der Waals surface area contributed by atoms with Gasteiger partial charge in [-0.1, -0.05) is 13.8 Å². The Bertz CT molecular complexity index is 529. The van der Waals surface area contributed by atoms with E-state index in [2.05, 4.69) is 27.7 Å². The molecule has 1 aromatic carbocycles. The number of hydrogen-bond donors (Lipinski definition) is 0. The van der Waals surface area contributed by atoms with Gasteiger partial charge in [-0.05, 0) is 0 Å². The fraction of sp³-hybridized carbons (Fsp3) is 0.579. The molecule has 5 heteroatoms. The fourth-order valence-corrected chi connectivity index (χ4v) is 5.23. The Hall–Kier alpha value is 0.0521. The molecule has 0 aliphatic carbocycles. The third-order valence-electron chi connectivity index (χ3n) is 4.05. The van der Waals surface area contributed by atoms with Crippen molar-refractivity contribution in [3.8, 4) is 0 Å². The average Bonchev–Trinajstić information content (AvgIpc) is 2.55. The molecule has 0 N–H and O–H groups in total. The molecule has 0 fully saturated rings. The van der Waals surface area contributed by atoms with Crippen LogP contribution in [0.2, 0.25) is 0 Å². The van der Waals surface area contributed by atoms with Crippen molar-refractivity contribution >= 4 is 60.4 Å². The maximum absolute atomic E-state index is 12.5. The summed E-state index contributed by atoms with van der Waals surface area (Å²) in [6.07, 6.45) is 0.783. The summed E-state index contributed by atoms with van der Waals surface area (Å²) in [7, 11) is 0. The van der Waals surface area contributed by atoms with Crippen molar-refractivity contribution in [3.05, 3.63) is 35.9 Å². The van der Waals surface area contributed by atoms with Gasteiger partial charge in [-0.2, -0.15) is 0 Å². The Morgan fingerprint density at radius 3 is 2.12 bits per heavy atom. The average molecular weight is 561 g/mol. The summed E-state index contributed by atoms with van der Waals surface area (Å²) in [5, 5.41) is 0. The van der Waals surface area contributed by atoms with Gasteiger partial charge < -0.3 is 0 Å². The van der Waals surface area contributed by atoms with E-state index in [1.807, 2.05) is 51.1 Å². The molecule has 1 rings (SSSR count). The Morgan fingerprint density at radius 1 is 1.21 bits per heavy atom. The zero-order valence-corrected chi connectivity index (χ0v) is 21.3. The first-order chi connectivity index (χ1) is 11.1. The van der Waals surface area contributed by atoms with Crippen LogP contribution < -0.4 is 0 Å². The quantitative estimate of drug-likeness (QED) is 0.335. The molecule has 0 bridgehead atoms.